The molecule has 1 aromatic carbocycles. The highest BCUT2D eigenvalue weighted by molar-refractivity contribution is 7.15. The molecule has 1 N–H and O–H groups in total. The number of thiazole rings is 1. The SMILES string of the molecule is Cc1cccc(-c2sc(C)nc2C(=O)N2CCOC2CNC(=O)c2cnn(C)c2C(F)(F)F)c1. The molecule has 180 valence electrons. The van der Waals surface area contributed by atoms with Gasteiger partial charge in [0.1, 0.15) is 11.9 Å². The molecule has 12 heteroatoms. The van der Waals surface area contributed by atoms with Gasteiger partial charge in [-0.15, -0.1) is 11.3 Å². The van der Waals surface area contributed by atoms with Gasteiger partial charge in [0.2, 0.25) is 0 Å². The summed E-state index contributed by atoms with van der Waals surface area (Å²) in [6.07, 6.45) is -4.71. The molecule has 0 spiro atoms. The van der Waals surface area contributed by atoms with Crippen LogP contribution in [-0.2, 0) is 18.0 Å². The van der Waals surface area contributed by atoms with Crippen molar-refractivity contribution in [1.82, 2.24) is 25.0 Å². The number of halogens is 3. The number of benzene rings is 1. The second-order valence-corrected chi connectivity index (χ2v) is 9.05. The fraction of sp³-hybridized carbons (Fsp3) is 0.364. The predicted octanol–water partition coefficient (Wildman–Crippen LogP) is 3.41. The molecule has 4 rings (SSSR count). The molecule has 1 atom stereocenters. The van der Waals surface area contributed by atoms with E-state index in [0.717, 1.165) is 34.3 Å². The molecular formula is C22H22F3N5O3S. The summed E-state index contributed by atoms with van der Waals surface area (Å²) in [5.74, 6) is -1.32. The number of ether oxygens (including phenoxy) is 1. The van der Waals surface area contributed by atoms with Crippen LogP contribution in [-0.4, -0.2) is 57.4 Å². The second-order valence-electron chi connectivity index (χ2n) is 7.84. The zero-order valence-electron chi connectivity index (χ0n) is 18.6. The third kappa shape index (κ3) is 4.68. The molecule has 2 amide bonds. The summed E-state index contributed by atoms with van der Waals surface area (Å²) in [5, 5.41) is 6.70. The number of hydrogen-bond acceptors (Lipinski definition) is 6. The van der Waals surface area contributed by atoms with Crippen LogP contribution < -0.4 is 5.32 Å². The van der Waals surface area contributed by atoms with E-state index in [9.17, 15) is 22.8 Å². The fourth-order valence-corrected chi connectivity index (χ4v) is 4.73. The quantitative estimate of drug-likeness (QED) is 0.589. The summed E-state index contributed by atoms with van der Waals surface area (Å²) < 4.78 is 46.0. The van der Waals surface area contributed by atoms with Crippen LogP contribution in [0.2, 0.25) is 0 Å². The number of hydrogen-bond donors (Lipinski definition) is 1. The van der Waals surface area contributed by atoms with Crippen molar-refractivity contribution < 1.29 is 27.5 Å². The van der Waals surface area contributed by atoms with Gasteiger partial charge in [-0.05, 0) is 19.4 Å². The standard InChI is InChI=1S/C22H22F3N5O3S/c1-12-5-4-6-14(9-12)18-17(28-13(2)34-18)21(32)30-7-8-33-16(30)11-26-20(31)15-10-27-29(3)19(15)22(23,24)25/h4-6,9-10,16H,7-8,11H2,1-3H3,(H,26,31). The predicted molar refractivity (Wildman–Crippen MR) is 118 cm³/mol. The number of alkyl halides is 3. The topological polar surface area (TPSA) is 89.3 Å². The Morgan fingerprint density at radius 3 is 2.76 bits per heavy atom. The van der Waals surface area contributed by atoms with E-state index in [1.165, 1.54) is 16.2 Å². The fourth-order valence-electron chi connectivity index (χ4n) is 3.83. The van der Waals surface area contributed by atoms with Crippen LogP contribution in [0.25, 0.3) is 10.4 Å². The van der Waals surface area contributed by atoms with Gasteiger partial charge in [0.05, 0.1) is 34.8 Å². The minimum Gasteiger partial charge on any atom is -0.355 e. The van der Waals surface area contributed by atoms with Gasteiger partial charge in [-0.1, -0.05) is 29.8 Å². The van der Waals surface area contributed by atoms with Gasteiger partial charge in [0, 0.05) is 13.6 Å². The van der Waals surface area contributed by atoms with Crippen molar-refractivity contribution >= 4 is 23.2 Å². The van der Waals surface area contributed by atoms with Crippen LogP contribution in [0, 0.1) is 13.8 Å². The highest BCUT2D eigenvalue weighted by Crippen LogP contribution is 2.33. The Morgan fingerprint density at radius 2 is 2.06 bits per heavy atom. The van der Waals surface area contributed by atoms with E-state index in [2.05, 4.69) is 15.4 Å². The molecule has 0 aliphatic carbocycles. The van der Waals surface area contributed by atoms with E-state index in [0.29, 0.717) is 4.68 Å². The van der Waals surface area contributed by atoms with Crippen molar-refractivity contribution in [2.75, 3.05) is 19.7 Å². The lowest BCUT2D eigenvalue weighted by Gasteiger charge is -2.23. The largest absolute Gasteiger partial charge is 0.433 e. The summed E-state index contributed by atoms with van der Waals surface area (Å²) >= 11 is 1.40. The average Bonchev–Trinajstić information content (AvgIpc) is 3.49. The second kappa shape index (κ2) is 9.18. The van der Waals surface area contributed by atoms with Crippen molar-refractivity contribution in [3.63, 3.8) is 0 Å². The number of aromatic nitrogens is 3. The molecule has 2 aromatic heterocycles. The van der Waals surface area contributed by atoms with E-state index in [-0.39, 0.29) is 31.3 Å². The van der Waals surface area contributed by atoms with Gasteiger partial charge in [0.15, 0.2) is 5.69 Å². The third-order valence-electron chi connectivity index (χ3n) is 5.36. The summed E-state index contributed by atoms with van der Waals surface area (Å²) in [6.45, 7) is 4.09. The lowest BCUT2D eigenvalue weighted by molar-refractivity contribution is -0.144. The average molecular weight is 494 g/mol. The van der Waals surface area contributed by atoms with Gasteiger partial charge in [-0.3, -0.25) is 14.3 Å². The lowest BCUT2D eigenvalue weighted by atomic mass is 10.1. The highest BCUT2D eigenvalue weighted by atomic mass is 32.1. The Balaban J connectivity index is 1.51. The first kappa shape index (κ1) is 23.9. The normalized spacial score (nSPS) is 16.2. The van der Waals surface area contributed by atoms with Crippen LogP contribution in [0.4, 0.5) is 13.2 Å². The number of amides is 2. The Labute approximate surface area is 197 Å². The van der Waals surface area contributed by atoms with Crippen molar-refractivity contribution in [2.24, 2.45) is 7.05 Å². The molecule has 1 fully saturated rings. The summed E-state index contributed by atoms with van der Waals surface area (Å²) in [7, 11) is 1.11. The lowest BCUT2D eigenvalue weighted by Crippen LogP contribution is -2.44. The number of nitrogens with one attached hydrogen (secondary N) is 1. The zero-order valence-corrected chi connectivity index (χ0v) is 19.5. The van der Waals surface area contributed by atoms with Crippen LogP contribution in [0.15, 0.2) is 30.5 Å². The van der Waals surface area contributed by atoms with Gasteiger partial charge in [-0.25, -0.2) is 4.98 Å². The van der Waals surface area contributed by atoms with Crippen LogP contribution in [0.3, 0.4) is 0 Å². The third-order valence-corrected chi connectivity index (χ3v) is 6.38. The van der Waals surface area contributed by atoms with E-state index in [1.807, 2.05) is 38.1 Å². The molecule has 8 nitrogen and oxygen atoms in total. The highest BCUT2D eigenvalue weighted by Gasteiger charge is 2.40. The maximum absolute atomic E-state index is 13.4. The zero-order chi connectivity index (χ0) is 24.6. The van der Waals surface area contributed by atoms with Crippen LogP contribution >= 0.6 is 11.3 Å². The van der Waals surface area contributed by atoms with E-state index < -0.39 is 29.6 Å². The van der Waals surface area contributed by atoms with Crippen molar-refractivity contribution in [3.05, 3.63) is 58.0 Å². The molecule has 1 unspecified atom stereocenters. The first-order valence-electron chi connectivity index (χ1n) is 10.4. The molecule has 1 aliphatic rings. The smallest absolute Gasteiger partial charge is 0.355 e. The molecule has 3 heterocycles. The van der Waals surface area contributed by atoms with Gasteiger partial charge in [-0.2, -0.15) is 18.3 Å². The van der Waals surface area contributed by atoms with Crippen molar-refractivity contribution in [3.8, 4) is 10.4 Å². The van der Waals surface area contributed by atoms with Gasteiger partial charge < -0.3 is 15.0 Å². The number of carbonyl (C=O) groups is 2. The van der Waals surface area contributed by atoms with Crippen molar-refractivity contribution in [2.45, 2.75) is 26.3 Å². The van der Waals surface area contributed by atoms with Gasteiger partial charge in [0.25, 0.3) is 11.8 Å². The number of rotatable bonds is 5. The van der Waals surface area contributed by atoms with Crippen LogP contribution in [0.1, 0.15) is 37.1 Å². The molecule has 0 bridgehead atoms. The molecule has 34 heavy (non-hydrogen) atoms. The molecule has 0 radical (unpaired) electrons. The maximum Gasteiger partial charge on any atom is 0.433 e. The monoisotopic (exact) mass is 493 g/mol. The Morgan fingerprint density at radius 1 is 1.29 bits per heavy atom. The molecule has 1 aliphatic heterocycles. The minimum absolute atomic E-state index is 0.181. The Kier molecular flexibility index (Phi) is 6.45. The van der Waals surface area contributed by atoms with Crippen molar-refractivity contribution in [1.29, 1.82) is 0 Å². The number of aryl methyl sites for hydroxylation is 3. The number of nitrogens with zero attached hydrogens (tertiary/aromatic N) is 4. The summed E-state index contributed by atoms with van der Waals surface area (Å²) in [4.78, 5) is 32.4. The minimum atomic E-state index is -4.74. The first-order chi connectivity index (χ1) is 16.1. The summed E-state index contributed by atoms with van der Waals surface area (Å²) in [5.41, 5.74) is 0.450. The first-order valence-corrected chi connectivity index (χ1v) is 11.2. The van der Waals surface area contributed by atoms with E-state index >= 15 is 0 Å². The molecule has 1 saturated heterocycles. The van der Waals surface area contributed by atoms with Gasteiger partial charge >= 0.3 is 6.18 Å². The molecule has 0 saturated carbocycles. The molecule has 3 aromatic rings. The van der Waals surface area contributed by atoms with E-state index in [1.54, 1.807) is 0 Å². The maximum atomic E-state index is 13.4. The number of carbonyl (C=O) groups excluding carboxylic acids is 2. The Hall–Kier alpha value is -3.25. The summed E-state index contributed by atoms with van der Waals surface area (Å²) in [6, 6.07) is 7.73. The van der Waals surface area contributed by atoms with E-state index in [4.69, 9.17) is 4.74 Å². The Bertz CT molecular complexity index is 1240. The van der Waals surface area contributed by atoms with Crippen LogP contribution in [0.5, 0.6) is 0 Å². The molecular weight excluding hydrogens is 471 g/mol.